The van der Waals surface area contributed by atoms with Gasteiger partial charge in [0.1, 0.15) is 5.82 Å². The van der Waals surface area contributed by atoms with Gasteiger partial charge in [0.25, 0.3) is 0 Å². The molecule has 152 valence electrons. The summed E-state index contributed by atoms with van der Waals surface area (Å²) in [4.78, 5) is 11.1. The fourth-order valence-electron chi connectivity index (χ4n) is 2.87. The van der Waals surface area contributed by atoms with Gasteiger partial charge in [-0.3, -0.25) is 4.99 Å². The second kappa shape index (κ2) is 11.6. The molecular formula is C19H24Cl2IN5O. The number of benzene rings is 1. The number of ether oxygens (including phenoxy) is 1. The van der Waals surface area contributed by atoms with E-state index in [9.17, 15) is 0 Å². The first-order chi connectivity index (χ1) is 13.2. The highest BCUT2D eigenvalue weighted by atomic mass is 127. The number of aromatic nitrogens is 1. The molecule has 2 heterocycles. The molecular weight excluding hydrogens is 512 g/mol. The molecule has 2 N–H and O–H groups in total. The zero-order valence-corrected chi connectivity index (χ0v) is 19.5. The van der Waals surface area contributed by atoms with E-state index in [0.29, 0.717) is 29.1 Å². The predicted octanol–water partition coefficient (Wildman–Crippen LogP) is 3.71. The third kappa shape index (κ3) is 6.37. The van der Waals surface area contributed by atoms with Crippen molar-refractivity contribution in [1.82, 2.24) is 15.6 Å². The minimum atomic E-state index is 0. The minimum absolute atomic E-state index is 0. The summed E-state index contributed by atoms with van der Waals surface area (Å²) in [5.41, 5.74) is 2.08. The zero-order valence-electron chi connectivity index (χ0n) is 15.6. The molecule has 0 saturated carbocycles. The summed E-state index contributed by atoms with van der Waals surface area (Å²) < 4.78 is 5.43. The molecule has 3 rings (SSSR count). The Morgan fingerprint density at radius 1 is 1.14 bits per heavy atom. The Labute approximate surface area is 192 Å². The van der Waals surface area contributed by atoms with Crippen LogP contribution in [0.2, 0.25) is 10.0 Å². The van der Waals surface area contributed by atoms with Crippen molar-refractivity contribution in [3.05, 3.63) is 57.7 Å². The van der Waals surface area contributed by atoms with Crippen LogP contribution in [0.5, 0.6) is 0 Å². The van der Waals surface area contributed by atoms with E-state index >= 15 is 0 Å². The Morgan fingerprint density at radius 2 is 1.86 bits per heavy atom. The van der Waals surface area contributed by atoms with Crippen molar-refractivity contribution in [2.75, 3.05) is 38.3 Å². The molecule has 0 radical (unpaired) electrons. The normalized spacial score (nSPS) is 14.4. The Morgan fingerprint density at radius 3 is 2.54 bits per heavy atom. The Balaban J connectivity index is 0.00000280. The van der Waals surface area contributed by atoms with E-state index in [0.717, 1.165) is 43.2 Å². The van der Waals surface area contributed by atoms with Gasteiger partial charge in [-0.2, -0.15) is 0 Å². The van der Waals surface area contributed by atoms with E-state index in [1.54, 1.807) is 13.1 Å². The maximum absolute atomic E-state index is 6.23. The lowest BCUT2D eigenvalue weighted by Gasteiger charge is -2.29. The van der Waals surface area contributed by atoms with Crippen molar-refractivity contribution < 1.29 is 4.74 Å². The molecule has 0 atom stereocenters. The average Bonchev–Trinajstić information content (AvgIpc) is 2.70. The van der Waals surface area contributed by atoms with Crippen LogP contribution in [-0.4, -0.2) is 44.3 Å². The second-order valence-electron chi connectivity index (χ2n) is 6.10. The van der Waals surface area contributed by atoms with Crippen molar-refractivity contribution in [2.24, 2.45) is 4.99 Å². The first-order valence-corrected chi connectivity index (χ1v) is 9.58. The van der Waals surface area contributed by atoms with Crippen LogP contribution >= 0.6 is 47.2 Å². The van der Waals surface area contributed by atoms with Crippen LogP contribution in [0, 0.1) is 0 Å². The number of nitrogens with zero attached hydrogens (tertiary/aromatic N) is 3. The number of hydrogen-bond donors (Lipinski definition) is 2. The topological polar surface area (TPSA) is 61.8 Å². The third-order valence-corrected chi connectivity index (χ3v) is 4.90. The van der Waals surface area contributed by atoms with Gasteiger partial charge in [0.2, 0.25) is 0 Å². The van der Waals surface area contributed by atoms with E-state index < -0.39 is 0 Å². The lowest BCUT2D eigenvalue weighted by molar-refractivity contribution is 0.122. The van der Waals surface area contributed by atoms with Gasteiger partial charge in [-0.05, 0) is 23.8 Å². The largest absolute Gasteiger partial charge is 0.378 e. The first kappa shape index (κ1) is 23.0. The highest BCUT2D eigenvalue weighted by Crippen LogP contribution is 2.21. The molecule has 0 bridgehead atoms. The molecule has 1 aromatic carbocycles. The molecule has 1 saturated heterocycles. The Hall–Kier alpha value is -1.29. The lowest BCUT2D eigenvalue weighted by atomic mass is 10.2. The highest BCUT2D eigenvalue weighted by molar-refractivity contribution is 14.0. The fourth-order valence-corrected chi connectivity index (χ4v) is 3.35. The highest BCUT2D eigenvalue weighted by Gasteiger charge is 2.15. The number of pyridine rings is 1. The summed E-state index contributed by atoms with van der Waals surface area (Å²) >= 11 is 12.2. The summed E-state index contributed by atoms with van der Waals surface area (Å²) in [5.74, 6) is 1.68. The van der Waals surface area contributed by atoms with Crippen LogP contribution in [0.25, 0.3) is 0 Å². The number of rotatable bonds is 5. The van der Waals surface area contributed by atoms with Crippen molar-refractivity contribution in [3.8, 4) is 0 Å². The molecule has 2 aromatic rings. The van der Waals surface area contributed by atoms with Gasteiger partial charge in [0.15, 0.2) is 5.96 Å². The molecule has 1 fully saturated rings. The zero-order chi connectivity index (χ0) is 19.1. The van der Waals surface area contributed by atoms with E-state index in [1.807, 2.05) is 24.4 Å². The number of halogens is 3. The van der Waals surface area contributed by atoms with Crippen molar-refractivity contribution in [3.63, 3.8) is 0 Å². The van der Waals surface area contributed by atoms with E-state index in [-0.39, 0.29) is 24.0 Å². The minimum Gasteiger partial charge on any atom is -0.378 e. The number of morpholine rings is 1. The summed E-state index contributed by atoms with van der Waals surface area (Å²) in [6, 6.07) is 9.49. The number of guanidine groups is 1. The fraction of sp³-hybridized carbons (Fsp3) is 0.368. The van der Waals surface area contributed by atoms with Gasteiger partial charge < -0.3 is 20.3 Å². The first-order valence-electron chi connectivity index (χ1n) is 8.82. The number of nitrogens with one attached hydrogen (secondary N) is 2. The van der Waals surface area contributed by atoms with Crippen LogP contribution in [0.3, 0.4) is 0 Å². The van der Waals surface area contributed by atoms with Crippen molar-refractivity contribution >= 4 is 59.0 Å². The van der Waals surface area contributed by atoms with Crippen molar-refractivity contribution in [1.29, 1.82) is 0 Å². The van der Waals surface area contributed by atoms with E-state index in [2.05, 4.69) is 31.6 Å². The molecule has 0 amide bonds. The molecule has 6 nitrogen and oxygen atoms in total. The second-order valence-corrected chi connectivity index (χ2v) is 6.94. The summed E-state index contributed by atoms with van der Waals surface area (Å²) in [6.45, 7) is 4.34. The molecule has 0 unspecified atom stereocenters. The van der Waals surface area contributed by atoms with Crippen LogP contribution < -0.4 is 15.5 Å². The van der Waals surface area contributed by atoms with Gasteiger partial charge in [0.05, 0.1) is 13.2 Å². The van der Waals surface area contributed by atoms with Gasteiger partial charge in [0, 0.05) is 55.0 Å². The predicted molar refractivity (Wildman–Crippen MR) is 126 cm³/mol. The standard InChI is InChI=1S/C19H23Cl2N5O.HI/c1-22-19(24-12-14-4-5-16(20)11-17(14)21)25-13-15-3-2-6-23-18(15)26-7-9-27-10-8-26;/h2-6,11H,7-10,12-13H2,1H3,(H2,22,24,25);1H. The third-order valence-electron chi connectivity index (χ3n) is 4.31. The number of aliphatic imine (C=N–C) groups is 1. The van der Waals surface area contributed by atoms with E-state index in [1.165, 1.54) is 0 Å². The smallest absolute Gasteiger partial charge is 0.191 e. The van der Waals surface area contributed by atoms with Crippen molar-refractivity contribution in [2.45, 2.75) is 13.1 Å². The summed E-state index contributed by atoms with van der Waals surface area (Å²) in [5, 5.41) is 7.87. The number of anilines is 1. The van der Waals surface area contributed by atoms with Gasteiger partial charge in [-0.15, -0.1) is 24.0 Å². The van der Waals surface area contributed by atoms with Crippen LogP contribution in [-0.2, 0) is 17.8 Å². The SMILES string of the molecule is CN=C(NCc1ccc(Cl)cc1Cl)NCc1cccnc1N1CCOCC1.I. The lowest BCUT2D eigenvalue weighted by Crippen LogP contribution is -2.39. The van der Waals surface area contributed by atoms with Gasteiger partial charge >= 0.3 is 0 Å². The molecule has 28 heavy (non-hydrogen) atoms. The molecule has 9 heteroatoms. The maximum atomic E-state index is 6.23. The quantitative estimate of drug-likeness (QED) is 0.347. The Bertz CT molecular complexity index is 800. The van der Waals surface area contributed by atoms with Gasteiger partial charge in [-0.25, -0.2) is 4.98 Å². The van der Waals surface area contributed by atoms with Crippen LogP contribution in [0.1, 0.15) is 11.1 Å². The van der Waals surface area contributed by atoms with Crippen LogP contribution in [0.15, 0.2) is 41.5 Å². The molecule has 0 aliphatic carbocycles. The maximum Gasteiger partial charge on any atom is 0.191 e. The Kier molecular flexibility index (Phi) is 9.57. The molecule has 1 aliphatic rings. The average molecular weight is 536 g/mol. The van der Waals surface area contributed by atoms with E-state index in [4.69, 9.17) is 27.9 Å². The monoisotopic (exact) mass is 535 g/mol. The van der Waals surface area contributed by atoms with Crippen LogP contribution in [0.4, 0.5) is 5.82 Å². The molecule has 1 aliphatic heterocycles. The summed E-state index contributed by atoms with van der Waals surface area (Å²) in [7, 11) is 1.74. The molecule has 0 spiro atoms. The van der Waals surface area contributed by atoms with Gasteiger partial charge in [-0.1, -0.05) is 35.3 Å². The molecule has 1 aromatic heterocycles. The number of hydrogen-bond acceptors (Lipinski definition) is 4. The summed E-state index contributed by atoms with van der Waals surface area (Å²) in [6.07, 6.45) is 1.82.